The summed E-state index contributed by atoms with van der Waals surface area (Å²) in [5.41, 5.74) is 0. The Morgan fingerprint density at radius 3 is 2.31 bits per heavy atom. The first-order valence-corrected chi connectivity index (χ1v) is 6.79. The Morgan fingerprint density at radius 1 is 1.25 bits per heavy atom. The van der Waals surface area contributed by atoms with Crippen LogP contribution in [0.25, 0.3) is 0 Å². The fourth-order valence-corrected chi connectivity index (χ4v) is 2.41. The molecule has 0 amide bonds. The quantitative estimate of drug-likeness (QED) is 0.801. The lowest BCUT2D eigenvalue weighted by Crippen LogP contribution is -2.28. The monoisotopic (exact) mass is 245 g/mol. The Kier molecular flexibility index (Phi) is 4.44. The summed E-state index contributed by atoms with van der Waals surface area (Å²) in [4.78, 5) is 0.166. The van der Waals surface area contributed by atoms with Crippen LogP contribution in [0.4, 0.5) is 4.39 Å². The molecule has 0 bridgehead atoms. The van der Waals surface area contributed by atoms with E-state index >= 15 is 0 Å². The molecule has 0 aliphatic heterocycles. The van der Waals surface area contributed by atoms with Gasteiger partial charge in [-0.1, -0.05) is 13.8 Å². The Labute approximate surface area is 95.6 Å². The second-order valence-electron chi connectivity index (χ2n) is 3.88. The highest BCUT2D eigenvalue weighted by atomic mass is 32.2. The van der Waals surface area contributed by atoms with Crippen LogP contribution in [0.5, 0.6) is 0 Å². The molecule has 0 saturated heterocycles. The SMILES string of the molecule is CC(C)NCCS(=O)(=O)c1ccc(F)cc1. The fraction of sp³-hybridized carbons (Fsp3) is 0.455. The lowest BCUT2D eigenvalue weighted by Gasteiger charge is -2.08. The summed E-state index contributed by atoms with van der Waals surface area (Å²) in [5.74, 6) is -0.407. The predicted octanol–water partition coefficient (Wildman–Crippen LogP) is 1.60. The summed E-state index contributed by atoms with van der Waals surface area (Å²) < 4.78 is 36.2. The third-order valence-electron chi connectivity index (χ3n) is 2.10. The van der Waals surface area contributed by atoms with E-state index in [-0.39, 0.29) is 16.7 Å². The standard InChI is InChI=1S/C11H16FNO2S/c1-9(2)13-7-8-16(14,15)11-5-3-10(12)4-6-11/h3-6,9,13H,7-8H2,1-2H3. The molecule has 1 N–H and O–H groups in total. The van der Waals surface area contributed by atoms with Crippen molar-refractivity contribution < 1.29 is 12.8 Å². The van der Waals surface area contributed by atoms with Gasteiger partial charge in [0.1, 0.15) is 5.82 Å². The fourth-order valence-electron chi connectivity index (χ4n) is 1.24. The molecule has 0 unspecified atom stereocenters. The van der Waals surface area contributed by atoms with Gasteiger partial charge in [0.2, 0.25) is 0 Å². The van der Waals surface area contributed by atoms with Crippen LogP contribution in [-0.2, 0) is 9.84 Å². The lowest BCUT2D eigenvalue weighted by molar-refractivity contribution is 0.577. The minimum atomic E-state index is -3.30. The molecule has 0 radical (unpaired) electrons. The van der Waals surface area contributed by atoms with Crippen LogP contribution in [0.15, 0.2) is 29.2 Å². The van der Waals surface area contributed by atoms with E-state index in [4.69, 9.17) is 0 Å². The largest absolute Gasteiger partial charge is 0.314 e. The number of nitrogens with one attached hydrogen (secondary N) is 1. The van der Waals surface area contributed by atoms with Crippen LogP contribution in [0, 0.1) is 5.82 Å². The molecule has 16 heavy (non-hydrogen) atoms. The summed E-state index contributed by atoms with van der Waals surface area (Å²) >= 11 is 0. The highest BCUT2D eigenvalue weighted by Crippen LogP contribution is 2.11. The van der Waals surface area contributed by atoms with Gasteiger partial charge in [-0.2, -0.15) is 0 Å². The van der Waals surface area contributed by atoms with Crippen molar-refractivity contribution in [1.29, 1.82) is 0 Å². The van der Waals surface area contributed by atoms with Crippen LogP contribution >= 0.6 is 0 Å². The number of hydrogen-bond acceptors (Lipinski definition) is 3. The van der Waals surface area contributed by atoms with Crippen molar-refractivity contribution in [2.24, 2.45) is 0 Å². The van der Waals surface area contributed by atoms with E-state index in [1.54, 1.807) is 0 Å². The van der Waals surface area contributed by atoms with Crippen molar-refractivity contribution >= 4 is 9.84 Å². The molecule has 1 aromatic rings. The summed E-state index contributed by atoms with van der Waals surface area (Å²) in [6.45, 7) is 4.30. The highest BCUT2D eigenvalue weighted by molar-refractivity contribution is 7.91. The number of sulfone groups is 1. The van der Waals surface area contributed by atoms with Gasteiger partial charge in [0.15, 0.2) is 9.84 Å². The molecule has 0 fully saturated rings. The van der Waals surface area contributed by atoms with E-state index in [2.05, 4.69) is 5.32 Å². The van der Waals surface area contributed by atoms with Crippen LogP contribution < -0.4 is 5.32 Å². The van der Waals surface area contributed by atoms with Gasteiger partial charge in [-0.05, 0) is 24.3 Å². The highest BCUT2D eigenvalue weighted by Gasteiger charge is 2.13. The van der Waals surface area contributed by atoms with Gasteiger partial charge in [0.05, 0.1) is 10.6 Å². The second-order valence-corrected chi connectivity index (χ2v) is 5.99. The molecule has 0 aromatic heterocycles. The molecule has 5 heteroatoms. The van der Waals surface area contributed by atoms with Gasteiger partial charge >= 0.3 is 0 Å². The minimum Gasteiger partial charge on any atom is -0.314 e. The first kappa shape index (κ1) is 13.1. The van der Waals surface area contributed by atoms with Gasteiger partial charge in [-0.3, -0.25) is 0 Å². The minimum absolute atomic E-state index is 0.0246. The summed E-state index contributed by atoms with van der Waals surface area (Å²) in [6, 6.07) is 5.15. The summed E-state index contributed by atoms with van der Waals surface area (Å²) in [7, 11) is -3.30. The van der Waals surface area contributed by atoms with Crippen molar-refractivity contribution in [1.82, 2.24) is 5.32 Å². The van der Waals surface area contributed by atoms with Gasteiger partial charge < -0.3 is 5.32 Å². The normalized spacial score (nSPS) is 12.0. The zero-order valence-corrected chi connectivity index (χ0v) is 10.2. The molecule has 1 aromatic carbocycles. The first-order valence-electron chi connectivity index (χ1n) is 5.13. The van der Waals surface area contributed by atoms with Crippen molar-refractivity contribution in [2.75, 3.05) is 12.3 Å². The topological polar surface area (TPSA) is 46.2 Å². The molecule has 3 nitrogen and oxygen atoms in total. The van der Waals surface area contributed by atoms with Crippen molar-refractivity contribution in [3.05, 3.63) is 30.1 Å². The molecule has 90 valence electrons. The molecule has 1 rings (SSSR count). The van der Waals surface area contributed by atoms with E-state index in [9.17, 15) is 12.8 Å². The van der Waals surface area contributed by atoms with Crippen LogP contribution in [-0.4, -0.2) is 26.8 Å². The molecule has 0 heterocycles. The molecular weight excluding hydrogens is 229 g/mol. The number of benzene rings is 1. The van der Waals surface area contributed by atoms with Gasteiger partial charge in [-0.25, -0.2) is 12.8 Å². The van der Waals surface area contributed by atoms with E-state index in [0.717, 1.165) is 12.1 Å². The zero-order chi connectivity index (χ0) is 12.2. The van der Waals surface area contributed by atoms with Crippen molar-refractivity contribution in [3.63, 3.8) is 0 Å². The van der Waals surface area contributed by atoms with Crippen LogP contribution in [0.1, 0.15) is 13.8 Å². The second kappa shape index (κ2) is 5.41. The third kappa shape index (κ3) is 3.90. The zero-order valence-electron chi connectivity index (χ0n) is 9.40. The molecular formula is C11H16FNO2S. The van der Waals surface area contributed by atoms with Crippen molar-refractivity contribution in [3.8, 4) is 0 Å². The van der Waals surface area contributed by atoms with Crippen LogP contribution in [0.3, 0.4) is 0 Å². The molecule has 0 aliphatic rings. The Morgan fingerprint density at radius 2 is 1.81 bits per heavy atom. The molecule has 0 spiro atoms. The summed E-state index contributed by atoms with van der Waals surface area (Å²) in [5, 5.41) is 3.03. The number of halogens is 1. The Hall–Kier alpha value is -0.940. The van der Waals surface area contributed by atoms with E-state index in [0.29, 0.717) is 6.54 Å². The average molecular weight is 245 g/mol. The summed E-state index contributed by atoms with van der Waals surface area (Å²) in [6.07, 6.45) is 0. The third-order valence-corrected chi connectivity index (χ3v) is 3.83. The smallest absolute Gasteiger partial charge is 0.179 e. The van der Waals surface area contributed by atoms with Gasteiger partial charge in [-0.15, -0.1) is 0 Å². The van der Waals surface area contributed by atoms with E-state index < -0.39 is 15.7 Å². The molecule has 0 atom stereocenters. The lowest BCUT2D eigenvalue weighted by atomic mass is 10.4. The number of rotatable bonds is 5. The van der Waals surface area contributed by atoms with E-state index in [1.807, 2.05) is 13.8 Å². The number of hydrogen-bond donors (Lipinski definition) is 1. The maximum absolute atomic E-state index is 12.6. The van der Waals surface area contributed by atoms with Gasteiger partial charge in [0, 0.05) is 12.6 Å². The van der Waals surface area contributed by atoms with Crippen molar-refractivity contribution in [2.45, 2.75) is 24.8 Å². The maximum atomic E-state index is 12.6. The first-order chi connectivity index (χ1) is 7.42. The predicted molar refractivity (Wildman–Crippen MR) is 61.6 cm³/mol. The Balaban J connectivity index is 2.67. The van der Waals surface area contributed by atoms with Crippen LogP contribution in [0.2, 0.25) is 0 Å². The van der Waals surface area contributed by atoms with Gasteiger partial charge in [0.25, 0.3) is 0 Å². The van der Waals surface area contributed by atoms with E-state index in [1.165, 1.54) is 12.1 Å². The Bertz CT molecular complexity index is 426. The molecule has 0 aliphatic carbocycles. The average Bonchev–Trinajstić information content (AvgIpc) is 2.17. The molecule has 0 saturated carbocycles. The maximum Gasteiger partial charge on any atom is 0.179 e.